The fourth-order valence-corrected chi connectivity index (χ4v) is 2.21. The van der Waals surface area contributed by atoms with Crippen LogP contribution in [0.2, 0.25) is 5.02 Å². The first-order valence-electron chi connectivity index (χ1n) is 6.22. The van der Waals surface area contributed by atoms with E-state index in [1.165, 1.54) is 0 Å². The molecule has 1 heterocycles. The number of fused-ring (bicyclic) bond motifs is 1. The number of rotatable bonds is 2. The largest absolute Gasteiger partial charge is 0.453 e. The molecule has 0 aliphatic rings. The van der Waals surface area contributed by atoms with Crippen molar-refractivity contribution in [2.45, 2.75) is 6.92 Å². The van der Waals surface area contributed by atoms with E-state index in [-0.39, 0.29) is 0 Å². The summed E-state index contributed by atoms with van der Waals surface area (Å²) in [5.74, 6) is 1.26. The zero-order valence-electron chi connectivity index (χ0n) is 10.9. The molecule has 0 atom stereocenters. The molecule has 0 saturated heterocycles. The first-order chi connectivity index (χ1) is 9.65. The zero-order chi connectivity index (χ0) is 14.1. The molecule has 1 aromatic heterocycles. The maximum Gasteiger partial charge on any atom is 0.153 e. The van der Waals surface area contributed by atoms with E-state index in [0.717, 1.165) is 16.5 Å². The van der Waals surface area contributed by atoms with Gasteiger partial charge in [-0.3, -0.25) is 4.98 Å². The molecule has 0 spiro atoms. The maximum absolute atomic E-state index is 6.16. The third-order valence-corrected chi connectivity index (χ3v) is 3.39. The normalized spacial score (nSPS) is 10.7. The van der Waals surface area contributed by atoms with Crippen molar-refractivity contribution >= 4 is 28.2 Å². The van der Waals surface area contributed by atoms with E-state index in [4.69, 9.17) is 22.1 Å². The summed E-state index contributed by atoms with van der Waals surface area (Å²) in [5, 5.41) is 1.44. The second-order valence-corrected chi connectivity index (χ2v) is 5.00. The number of nitrogens with zero attached hydrogens (tertiary/aromatic N) is 1. The molecule has 0 radical (unpaired) electrons. The molecule has 0 saturated carbocycles. The molecule has 0 aliphatic carbocycles. The van der Waals surface area contributed by atoms with Crippen LogP contribution >= 0.6 is 11.6 Å². The van der Waals surface area contributed by atoms with Gasteiger partial charge in [0.1, 0.15) is 11.3 Å². The zero-order valence-corrected chi connectivity index (χ0v) is 11.7. The summed E-state index contributed by atoms with van der Waals surface area (Å²) in [4.78, 5) is 4.34. The molecule has 100 valence electrons. The number of nitrogens with two attached hydrogens (primary N) is 1. The molecular formula is C16H13ClN2O. The van der Waals surface area contributed by atoms with Crippen LogP contribution in [-0.4, -0.2) is 4.98 Å². The lowest BCUT2D eigenvalue weighted by Gasteiger charge is -2.11. The van der Waals surface area contributed by atoms with E-state index >= 15 is 0 Å². The summed E-state index contributed by atoms with van der Waals surface area (Å²) in [6.45, 7) is 1.99. The van der Waals surface area contributed by atoms with Crippen molar-refractivity contribution in [1.29, 1.82) is 0 Å². The van der Waals surface area contributed by atoms with Crippen LogP contribution in [0.25, 0.3) is 10.9 Å². The van der Waals surface area contributed by atoms with Gasteiger partial charge >= 0.3 is 0 Å². The van der Waals surface area contributed by atoms with E-state index in [1.54, 1.807) is 6.20 Å². The van der Waals surface area contributed by atoms with Crippen molar-refractivity contribution < 1.29 is 4.74 Å². The van der Waals surface area contributed by atoms with E-state index in [9.17, 15) is 0 Å². The number of aryl methyl sites for hydroxylation is 1. The summed E-state index contributed by atoms with van der Waals surface area (Å²) in [7, 11) is 0. The van der Waals surface area contributed by atoms with E-state index in [0.29, 0.717) is 22.2 Å². The van der Waals surface area contributed by atoms with Crippen LogP contribution in [0.5, 0.6) is 11.5 Å². The van der Waals surface area contributed by atoms with E-state index in [2.05, 4.69) is 4.98 Å². The minimum absolute atomic E-state index is 0.566. The molecule has 3 rings (SSSR count). The fraction of sp³-hybridized carbons (Fsp3) is 0.0625. The Bertz CT molecular complexity index is 787. The molecule has 20 heavy (non-hydrogen) atoms. The predicted octanol–water partition coefficient (Wildman–Crippen LogP) is 4.57. The summed E-state index contributed by atoms with van der Waals surface area (Å²) >= 11 is 6.16. The SMILES string of the molecule is Cc1ccc(Cl)c(Oc2ccc(N)c3cccnc23)c1. The highest BCUT2D eigenvalue weighted by Crippen LogP contribution is 2.35. The number of anilines is 1. The third-order valence-electron chi connectivity index (χ3n) is 3.07. The van der Waals surface area contributed by atoms with Crippen LogP contribution in [0.15, 0.2) is 48.7 Å². The lowest BCUT2D eigenvalue weighted by molar-refractivity contribution is 0.487. The van der Waals surface area contributed by atoms with Gasteiger partial charge in [-0.2, -0.15) is 0 Å². The highest BCUT2D eigenvalue weighted by Gasteiger charge is 2.09. The quantitative estimate of drug-likeness (QED) is 0.701. The monoisotopic (exact) mass is 284 g/mol. The molecule has 3 aromatic rings. The average molecular weight is 285 g/mol. The van der Waals surface area contributed by atoms with Gasteiger partial charge in [-0.1, -0.05) is 17.7 Å². The molecule has 0 amide bonds. The molecule has 0 fully saturated rings. The number of benzene rings is 2. The van der Waals surface area contributed by atoms with E-state index < -0.39 is 0 Å². The Morgan fingerprint density at radius 3 is 2.80 bits per heavy atom. The Hall–Kier alpha value is -2.26. The van der Waals surface area contributed by atoms with Gasteiger partial charge < -0.3 is 10.5 Å². The summed E-state index contributed by atoms with van der Waals surface area (Å²) < 4.78 is 5.91. The van der Waals surface area contributed by atoms with Crippen LogP contribution in [0.3, 0.4) is 0 Å². The van der Waals surface area contributed by atoms with Gasteiger partial charge in [0.2, 0.25) is 0 Å². The lowest BCUT2D eigenvalue weighted by atomic mass is 10.1. The van der Waals surface area contributed by atoms with Crippen molar-refractivity contribution in [3.8, 4) is 11.5 Å². The number of pyridine rings is 1. The number of aromatic nitrogens is 1. The van der Waals surface area contributed by atoms with Crippen LogP contribution in [0, 0.1) is 6.92 Å². The number of nitrogen functional groups attached to an aromatic ring is 1. The van der Waals surface area contributed by atoms with Gasteiger partial charge in [-0.25, -0.2) is 0 Å². The number of halogens is 1. The van der Waals surface area contributed by atoms with Crippen LogP contribution in [-0.2, 0) is 0 Å². The van der Waals surface area contributed by atoms with Crippen LogP contribution < -0.4 is 10.5 Å². The van der Waals surface area contributed by atoms with Gasteiger partial charge in [0.15, 0.2) is 5.75 Å². The van der Waals surface area contributed by atoms with Crippen molar-refractivity contribution in [1.82, 2.24) is 4.98 Å². The van der Waals surface area contributed by atoms with Gasteiger partial charge in [0.05, 0.1) is 5.02 Å². The number of ether oxygens (including phenoxy) is 1. The van der Waals surface area contributed by atoms with Gasteiger partial charge in [-0.05, 0) is 48.9 Å². The van der Waals surface area contributed by atoms with Gasteiger partial charge in [0, 0.05) is 17.3 Å². The van der Waals surface area contributed by atoms with Crippen molar-refractivity contribution in [3.05, 3.63) is 59.2 Å². The molecule has 2 N–H and O–H groups in total. The average Bonchev–Trinajstić information content (AvgIpc) is 2.46. The Morgan fingerprint density at radius 2 is 1.95 bits per heavy atom. The summed E-state index contributed by atoms with van der Waals surface area (Å²) in [5.41, 5.74) is 8.44. The molecule has 3 nitrogen and oxygen atoms in total. The number of hydrogen-bond acceptors (Lipinski definition) is 3. The summed E-state index contributed by atoms with van der Waals surface area (Å²) in [6.07, 6.45) is 1.71. The van der Waals surface area contributed by atoms with Crippen LogP contribution in [0.1, 0.15) is 5.56 Å². The highest BCUT2D eigenvalue weighted by atomic mass is 35.5. The minimum Gasteiger partial charge on any atom is -0.453 e. The smallest absolute Gasteiger partial charge is 0.153 e. The second kappa shape index (κ2) is 5.02. The van der Waals surface area contributed by atoms with E-state index in [1.807, 2.05) is 49.4 Å². The Kier molecular flexibility index (Phi) is 3.20. The van der Waals surface area contributed by atoms with Gasteiger partial charge in [0.25, 0.3) is 0 Å². The first kappa shape index (κ1) is 12.8. The summed E-state index contributed by atoms with van der Waals surface area (Å²) in [6, 6.07) is 13.0. The standard InChI is InChI=1S/C16H13ClN2O/c1-10-4-5-12(17)15(9-10)20-14-7-6-13(18)11-3-2-8-19-16(11)14/h2-9H,18H2,1H3. The highest BCUT2D eigenvalue weighted by molar-refractivity contribution is 6.32. The van der Waals surface area contributed by atoms with Crippen molar-refractivity contribution in [2.24, 2.45) is 0 Å². The first-order valence-corrected chi connectivity index (χ1v) is 6.60. The second-order valence-electron chi connectivity index (χ2n) is 4.59. The molecule has 0 aliphatic heterocycles. The fourth-order valence-electron chi connectivity index (χ4n) is 2.06. The lowest BCUT2D eigenvalue weighted by Crippen LogP contribution is -1.93. The molecule has 0 bridgehead atoms. The molecule has 0 unspecified atom stereocenters. The Labute approximate surface area is 122 Å². The molecule has 2 aromatic carbocycles. The van der Waals surface area contributed by atoms with Crippen molar-refractivity contribution in [2.75, 3.05) is 5.73 Å². The van der Waals surface area contributed by atoms with Crippen LogP contribution in [0.4, 0.5) is 5.69 Å². The topological polar surface area (TPSA) is 48.1 Å². The molecule has 4 heteroatoms. The van der Waals surface area contributed by atoms with Gasteiger partial charge in [-0.15, -0.1) is 0 Å². The molecular weight excluding hydrogens is 272 g/mol. The third kappa shape index (κ3) is 2.28. The minimum atomic E-state index is 0.566. The Balaban J connectivity index is 2.11. The number of hydrogen-bond donors (Lipinski definition) is 1. The Morgan fingerprint density at radius 1 is 1.10 bits per heavy atom. The van der Waals surface area contributed by atoms with Crippen molar-refractivity contribution in [3.63, 3.8) is 0 Å². The predicted molar refractivity (Wildman–Crippen MR) is 82.4 cm³/mol. The maximum atomic E-state index is 6.16.